The smallest absolute Gasteiger partial charge is 0.335 e. The molecule has 1 aliphatic rings. The molecule has 7 aromatic rings. The van der Waals surface area contributed by atoms with Crippen molar-refractivity contribution in [1.82, 2.24) is 19.5 Å². The lowest BCUT2D eigenvalue weighted by Gasteiger charge is -2.26. The Morgan fingerprint density at radius 1 is 0.622 bits per heavy atom. The SMILES string of the molecule is Cn1c(=O)c(C(=O)c2cccc(S(=O)(=O)O)c2)c2c3c(c(Nc4cc(Nc5nc(NCCS(=O)(=O)O)nc(Oc6cc(C(=O)O)cc(C(=O)O)c6)n5)c(S(=O)(=O)O)cc4S(=O)(=O)O)ccc31)C(=O)c1ccccc1-2. The van der Waals surface area contributed by atoms with Gasteiger partial charge in [0.25, 0.3) is 46.0 Å². The Morgan fingerprint density at radius 3 is 1.82 bits per heavy atom. The molecule has 27 nitrogen and oxygen atoms in total. The quantitative estimate of drug-likeness (QED) is 0.0461. The Hall–Kier alpha value is -8.56. The molecule has 0 atom stereocenters. The van der Waals surface area contributed by atoms with Crippen molar-refractivity contribution in [1.29, 1.82) is 0 Å². The first-order valence-corrected chi connectivity index (χ1v) is 26.3. The van der Waals surface area contributed by atoms with E-state index < -0.39 is 148 Å². The van der Waals surface area contributed by atoms with Gasteiger partial charge < -0.3 is 35.5 Å². The number of hydrogen-bond acceptors (Lipinski definition) is 20. The topological polar surface area (TPSA) is 432 Å². The van der Waals surface area contributed by atoms with Gasteiger partial charge in [-0.05, 0) is 60.2 Å². The number of carboxylic acid groups (broad SMARTS) is 2. The van der Waals surface area contributed by atoms with Crippen molar-refractivity contribution in [2.45, 2.75) is 14.7 Å². The van der Waals surface area contributed by atoms with Crippen LogP contribution in [0.2, 0.25) is 0 Å². The lowest BCUT2D eigenvalue weighted by molar-refractivity contribution is 0.0695. The molecule has 0 radical (unpaired) electrons. The molecule has 9 N–H and O–H groups in total. The fourth-order valence-electron chi connectivity index (χ4n) is 7.72. The molecule has 5 aromatic carbocycles. The lowest BCUT2D eigenvalue weighted by atomic mass is 9.80. The van der Waals surface area contributed by atoms with Crippen molar-refractivity contribution in [3.05, 3.63) is 135 Å². The van der Waals surface area contributed by atoms with Gasteiger partial charge in [-0.25, -0.2) is 9.59 Å². The third-order valence-corrected chi connectivity index (χ3v) is 14.2. The van der Waals surface area contributed by atoms with Crippen LogP contribution in [0.3, 0.4) is 0 Å². The first kappa shape index (κ1) is 51.8. The van der Waals surface area contributed by atoms with Crippen LogP contribution in [0.4, 0.5) is 29.0 Å². The third-order valence-electron chi connectivity index (χ3n) is 10.9. The van der Waals surface area contributed by atoms with E-state index in [0.717, 1.165) is 41.0 Å². The minimum absolute atomic E-state index is 0.0263. The van der Waals surface area contributed by atoms with Gasteiger partial charge in [0.05, 0.1) is 55.5 Å². The molecule has 0 bridgehead atoms. The van der Waals surface area contributed by atoms with Gasteiger partial charge >= 0.3 is 17.9 Å². The summed E-state index contributed by atoms with van der Waals surface area (Å²) in [6, 6.07) is 14.9. The van der Waals surface area contributed by atoms with Crippen molar-refractivity contribution >= 4 is 104 Å². The first-order chi connectivity index (χ1) is 34.5. The zero-order valence-electron chi connectivity index (χ0n) is 36.9. The number of rotatable bonds is 17. The molecule has 2 heterocycles. The number of aryl methyl sites for hydroxylation is 1. The molecule has 31 heteroatoms. The number of nitrogens with one attached hydrogen (secondary N) is 3. The van der Waals surface area contributed by atoms with Crippen LogP contribution in [-0.4, -0.2) is 117 Å². The monoisotopic (exact) mass is 1090 g/mol. The Kier molecular flexibility index (Phi) is 13.2. The normalized spacial score (nSPS) is 12.5. The zero-order valence-corrected chi connectivity index (χ0v) is 40.2. The van der Waals surface area contributed by atoms with Crippen molar-refractivity contribution in [3.8, 4) is 22.9 Å². The van der Waals surface area contributed by atoms with E-state index in [9.17, 15) is 86.1 Å². The number of hydrogen-bond donors (Lipinski definition) is 9. The molecule has 0 fully saturated rings. The summed E-state index contributed by atoms with van der Waals surface area (Å²) < 4.78 is 146. The number of anilines is 5. The average molecular weight is 1090 g/mol. The highest BCUT2D eigenvalue weighted by atomic mass is 32.2. The molecule has 0 unspecified atom stereocenters. The number of carbonyl (C=O) groups excluding carboxylic acids is 2. The van der Waals surface area contributed by atoms with Crippen molar-refractivity contribution in [2.24, 2.45) is 7.05 Å². The van der Waals surface area contributed by atoms with Crippen LogP contribution in [0.1, 0.15) is 52.6 Å². The largest absolute Gasteiger partial charge is 0.478 e. The van der Waals surface area contributed by atoms with Gasteiger partial charge in [-0.15, -0.1) is 0 Å². The molecule has 0 spiro atoms. The van der Waals surface area contributed by atoms with Crippen LogP contribution in [0.5, 0.6) is 11.8 Å². The summed E-state index contributed by atoms with van der Waals surface area (Å²) in [6.07, 6.45) is 0. The molecular weight excluding hydrogens is 1060 g/mol. The number of ketones is 2. The first-order valence-electron chi connectivity index (χ1n) is 20.4. The van der Waals surface area contributed by atoms with Crippen LogP contribution < -0.4 is 26.2 Å². The van der Waals surface area contributed by atoms with Gasteiger partial charge in [0.1, 0.15) is 15.5 Å². The van der Waals surface area contributed by atoms with Gasteiger partial charge in [-0.3, -0.25) is 32.6 Å². The summed E-state index contributed by atoms with van der Waals surface area (Å²) in [5.41, 5.74) is -5.40. The second-order valence-corrected chi connectivity index (χ2v) is 21.5. The second kappa shape index (κ2) is 18.8. The summed E-state index contributed by atoms with van der Waals surface area (Å²) in [4.78, 5) is 75.5. The Labute approximate surface area is 415 Å². The lowest BCUT2D eigenvalue weighted by Crippen LogP contribution is -2.29. The van der Waals surface area contributed by atoms with Gasteiger partial charge in [0.2, 0.25) is 11.9 Å². The molecule has 0 saturated heterocycles. The number of pyridine rings is 1. The summed E-state index contributed by atoms with van der Waals surface area (Å²) in [6.45, 7) is -0.614. The summed E-state index contributed by atoms with van der Waals surface area (Å²) >= 11 is 0. The van der Waals surface area contributed by atoms with Gasteiger partial charge in [-0.2, -0.15) is 48.6 Å². The summed E-state index contributed by atoms with van der Waals surface area (Å²) in [5.74, 6) is -7.86. The molecule has 1 aliphatic carbocycles. The van der Waals surface area contributed by atoms with Gasteiger partial charge in [0, 0.05) is 35.7 Å². The number of aromatic nitrogens is 4. The van der Waals surface area contributed by atoms with Crippen LogP contribution in [-0.2, 0) is 47.5 Å². The fraction of sp³-hybridized carbons (Fsp3) is 0.0698. The van der Waals surface area contributed by atoms with Gasteiger partial charge in [-0.1, -0.05) is 36.4 Å². The van der Waals surface area contributed by atoms with E-state index in [2.05, 4.69) is 30.9 Å². The minimum Gasteiger partial charge on any atom is -0.478 e. The molecule has 0 aliphatic heterocycles. The summed E-state index contributed by atoms with van der Waals surface area (Å²) in [5, 5.41) is 26.5. The number of fused-ring (bicyclic) bond motifs is 2. The van der Waals surface area contributed by atoms with E-state index in [0.29, 0.717) is 6.07 Å². The van der Waals surface area contributed by atoms with E-state index >= 15 is 0 Å². The fourth-order valence-corrected chi connectivity index (χ4v) is 9.99. The number of carbonyl (C=O) groups is 4. The number of aromatic carboxylic acids is 2. The van der Waals surface area contributed by atoms with Crippen LogP contribution >= 0.6 is 0 Å². The van der Waals surface area contributed by atoms with Crippen LogP contribution in [0.25, 0.3) is 22.0 Å². The molecule has 0 amide bonds. The maximum Gasteiger partial charge on any atom is 0.335 e. The molecule has 2 aromatic heterocycles. The summed E-state index contributed by atoms with van der Waals surface area (Å²) in [7, 11) is -19.3. The predicted molar refractivity (Wildman–Crippen MR) is 256 cm³/mol. The minimum atomic E-state index is -5.54. The predicted octanol–water partition coefficient (Wildman–Crippen LogP) is 3.88. The Balaban J connectivity index is 1.32. The highest BCUT2D eigenvalue weighted by molar-refractivity contribution is 7.87. The highest BCUT2D eigenvalue weighted by Gasteiger charge is 2.35. The van der Waals surface area contributed by atoms with E-state index in [1.54, 1.807) is 0 Å². The Morgan fingerprint density at radius 2 is 1.23 bits per heavy atom. The van der Waals surface area contributed by atoms with Crippen molar-refractivity contribution < 1.29 is 86.0 Å². The zero-order chi connectivity index (χ0) is 54.0. The highest BCUT2D eigenvalue weighted by Crippen LogP contribution is 2.45. The molecular formula is C43H31N7O20S4. The third kappa shape index (κ3) is 10.4. The molecule has 382 valence electrons. The average Bonchev–Trinajstić information content (AvgIpc) is 3.30. The second-order valence-electron chi connectivity index (χ2n) is 15.7. The van der Waals surface area contributed by atoms with Crippen molar-refractivity contribution in [3.63, 3.8) is 0 Å². The number of carboxylic acids is 2. The van der Waals surface area contributed by atoms with Crippen LogP contribution in [0, 0.1) is 0 Å². The number of nitrogens with zero attached hydrogens (tertiary/aromatic N) is 4. The Bertz CT molecular complexity index is 4150. The molecule has 8 rings (SSSR count). The van der Waals surface area contributed by atoms with Crippen LogP contribution in [0.15, 0.2) is 110 Å². The van der Waals surface area contributed by atoms with E-state index in [1.807, 2.05) is 0 Å². The number of ether oxygens (including phenoxy) is 1. The van der Waals surface area contributed by atoms with E-state index in [1.165, 1.54) is 49.5 Å². The molecule has 74 heavy (non-hydrogen) atoms. The standard InChI is InChI=1S/C43H31N7O20S4/c1-50-29-10-9-26(33-34(29)32(24-7-2-3-8-25(24)37(33)52)35(38(50)53)36(51)19-5-4-6-23(16-19)72(61,62)63)45-27-17-28(31(74(67,68)69)18-30(27)73(64,65)66)46-42-47-41(44-11-12-71(58,59)60)48-43(49-42)70-22-14-20(39(54)55)13-21(15-22)40(56)57/h2-10,13-18,45H,11-12H2,1H3,(H,54,55)(H,56,57)(H,58,59,60)(H,61,62,63)(H,64,65,66)(H,67,68,69)(H2,44,46,47,48,49). The van der Waals surface area contributed by atoms with E-state index in [-0.39, 0.29) is 50.5 Å². The molecule has 0 saturated carbocycles. The number of benzene rings is 5. The van der Waals surface area contributed by atoms with Gasteiger partial charge in [0.15, 0.2) is 11.6 Å². The van der Waals surface area contributed by atoms with Crippen molar-refractivity contribution in [2.75, 3.05) is 28.2 Å². The maximum absolute atomic E-state index is 14.7. The van der Waals surface area contributed by atoms with E-state index in [4.69, 9.17) is 4.74 Å². The maximum atomic E-state index is 14.7.